The third-order valence-electron chi connectivity index (χ3n) is 2.68. The summed E-state index contributed by atoms with van der Waals surface area (Å²) in [6, 6.07) is 4.47. The predicted molar refractivity (Wildman–Crippen MR) is 84.9 cm³/mol. The van der Waals surface area contributed by atoms with Crippen LogP contribution < -0.4 is 5.73 Å². The number of nitrogen functional groups attached to an aromatic ring is 1. The molecule has 0 atom stereocenters. The Labute approximate surface area is 131 Å². The molecule has 4 nitrogen and oxygen atoms in total. The molecular weight excluding hydrogens is 309 g/mol. The Kier molecular flexibility index (Phi) is 5.19. The van der Waals surface area contributed by atoms with Gasteiger partial charge in [-0.3, -0.25) is 4.79 Å². The highest BCUT2D eigenvalue weighted by atomic mass is 32.2. The molecule has 1 amide bonds. The van der Waals surface area contributed by atoms with Crippen LogP contribution in [0.5, 0.6) is 0 Å². The van der Waals surface area contributed by atoms with Crippen molar-refractivity contribution >= 4 is 34.7 Å². The molecule has 1 aromatic carbocycles. The van der Waals surface area contributed by atoms with Crippen molar-refractivity contribution in [3.63, 3.8) is 0 Å². The maximum atomic E-state index is 13.2. The van der Waals surface area contributed by atoms with Gasteiger partial charge in [0.1, 0.15) is 10.8 Å². The molecule has 2 rings (SSSR count). The van der Waals surface area contributed by atoms with E-state index in [2.05, 4.69) is 4.98 Å². The number of hydrogen-bond acceptors (Lipinski definition) is 5. The molecule has 0 aliphatic carbocycles. The standard InChI is InChI=1S/C14H16FN3OS2/c1-18(2)14(19)6-13-17-11(8-21-13)7-20-12-4-9(15)3-10(16)5-12/h3-5,8H,6-7,16H2,1-2H3. The van der Waals surface area contributed by atoms with Crippen LogP contribution in [0.4, 0.5) is 10.1 Å². The number of thioether (sulfide) groups is 1. The minimum atomic E-state index is -0.340. The molecule has 112 valence electrons. The smallest absolute Gasteiger partial charge is 0.228 e. The third kappa shape index (κ3) is 4.71. The number of thiazole rings is 1. The zero-order valence-corrected chi connectivity index (χ0v) is 13.4. The van der Waals surface area contributed by atoms with E-state index in [4.69, 9.17) is 5.73 Å². The van der Waals surface area contributed by atoms with Crippen LogP contribution >= 0.6 is 23.1 Å². The van der Waals surface area contributed by atoms with E-state index in [1.165, 1.54) is 35.2 Å². The van der Waals surface area contributed by atoms with Crippen LogP contribution in [-0.4, -0.2) is 29.9 Å². The summed E-state index contributed by atoms with van der Waals surface area (Å²) in [6.07, 6.45) is 0.315. The number of halogens is 1. The second-order valence-electron chi connectivity index (χ2n) is 4.71. The third-order valence-corrected chi connectivity index (χ3v) is 4.59. The van der Waals surface area contributed by atoms with E-state index in [0.29, 0.717) is 17.9 Å². The summed E-state index contributed by atoms with van der Waals surface area (Å²) >= 11 is 2.94. The minimum absolute atomic E-state index is 0.0291. The minimum Gasteiger partial charge on any atom is -0.399 e. The van der Waals surface area contributed by atoms with E-state index in [1.807, 2.05) is 5.38 Å². The molecule has 0 fully saturated rings. The van der Waals surface area contributed by atoms with Crippen molar-refractivity contribution in [3.05, 3.63) is 40.1 Å². The number of amides is 1. The van der Waals surface area contributed by atoms with Gasteiger partial charge in [0, 0.05) is 35.8 Å². The Hall–Kier alpha value is -1.60. The number of likely N-dealkylation sites (N-methyl/N-ethyl adjacent to an activating group) is 1. The van der Waals surface area contributed by atoms with Crippen LogP contribution in [-0.2, 0) is 17.0 Å². The zero-order chi connectivity index (χ0) is 15.4. The van der Waals surface area contributed by atoms with Crippen molar-refractivity contribution in [2.75, 3.05) is 19.8 Å². The Bertz CT molecular complexity index is 623. The lowest BCUT2D eigenvalue weighted by Gasteiger charge is -2.07. The number of aromatic nitrogens is 1. The van der Waals surface area contributed by atoms with Gasteiger partial charge in [0.05, 0.1) is 12.1 Å². The fraction of sp³-hybridized carbons (Fsp3) is 0.286. The van der Waals surface area contributed by atoms with Crippen LogP contribution in [0.15, 0.2) is 28.5 Å². The van der Waals surface area contributed by atoms with Crippen molar-refractivity contribution in [2.45, 2.75) is 17.1 Å². The second-order valence-corrected chi connectivity index (χ2v) is 6.70. The number of nitrogens with zero attached hydrogens (tertiary/aromatic N) is 2. The van der Waals surface area contributed by atoms with Gasteiger partial charge < -0.3 is 10.6 Å². The second kappa shape index (κ2) is 6.91. The molecule has 21 heavy (non-hydrogen) atoms. The molecule has 0 spiro atoms. The van der Waals surface area contributed by atoms with Crippen LogP contribution in [0.2, 0.25) is 0 Å². The Morgan fingerprint density at radius 1 is 1.43 bits per heavy atom. The Morgan fingerprint density at radius 3 is 2.86 bits per heavy atom. The van der Waals surface area contributed by atoms with Gasteiger partial charge in [-0.1, -0.05) is 0 Å². The van der Waals surface area contributed by atoms with E-state index in [9.17, 15) is 9.18 Å². The Morgan fingerprint density at radius 2 is 2.19 bits per heavy atom. The summed E-state index contributed by atoms with van der Waals surface area (Å²) in [7, 11) is 3.45. The first kappa shape index (κ1) is 15.8. The highest BCUT2D eigenvalue weighted by Gasteiger charge is 2.10. The summed E-state index contributed by atoms with van der Waals surface area (Å²) in [5, 5.41) is 2.72. The van der Waals surface area contributed by atoms with Gasteiger partial charge in [0.15, 0.2) is 0 Å². The molecule has 0 saturated carbocycles. The highest BCUT2D eigenvalue weighted by molar-refractivity contribution is 7.98. The van der Waals surface area contributed by atoms with Crippen LogP contribution in [0.25, 0.3) is 0 Å². The number of anilines is 1. The summed E-state index contributed by atoms with van der Waals surface area (Å²) in [6.45, 7) is 0. The van der Waals surface area contributed by atoms with Gasteiger partial charge in [-0.2, -0.15) is 0 Å². The first-order chi connectivity index (χ1) is 9.94. The molecule has 0 radical (unpaired) electrons. The summed E-state index contributed by atoms with van der Waals surface area (Å²) in [4.78, 5) is 18.3. The average molecular weight is 325 g/mol. The molecule has 0 aliphatic heterocycles. The van der Waals surface area contributed by atoms with Crippen LogP contribution in [0, 0.1) is 5.82 Å². The molecule has 0 bridgehead atoms. The SMILES string of the molecule is CN(C)C(=O)Cc1nc(CSc2cc(N)cc(F)c2)cs1. The van der Waals surface area contributed by atoms with E-state index in [1.54, 1.807) is 25.1 Å². The van der Waals surface area contributed by atoms with Crippen LogP contribution in [0.1, 0.15) is 10.7 Å². The quantitative estimate of drug-likeness (QED) is 0.678. The predicted octanol–water partition coefficient (Wildman–Crippen LogP) is 2.79. The van der Waals surface area contributed by atoms with E-state index in [-0.39, 0.29) is 11.7 Å². The van der Waals surface area contributed by atoms with Crippen molar-refractivity contribution in [1.29, 1.82) is 0 Å². The number of hydrogen-bond donors (Lipinski definition) is 1. The first-order valence-electron chi connectivity index (χ1n) is 6.26. The molecule has 2 aromatic rings. The van der Waals surface area contributed by atoms with E-state index < -0.39 is 0 Å². The van der Waals surface area contributed by atoms with Gasteiger partial charge in [-0.15, -0.1) is 23.1 Å². The summed E-state index contributed by atoms with van der Waals surface area (Å²) in [5.41, 5.74) is 6.90. The molecule has 0 unspecified atom stereocenters. The van der Waals surface area contributed by atoms with Crippen LogP contribution in [0.3, 0.4) is 0 Å². The lowest BCUT2D eigenvalue weighted by molar-refractivity contribution is -0.127. The van der Waals surface area contributed by atoms with Gasteiger partial charge in [-0.25, -0.2) is 9.37 Å². The van der Waals surface area contributed by atoms with Gasteiger partial charge in [0.25, 0.3) is 0 Å². The fourth-order valence-corrected chi connectivity index (χ4v) is 3.38. The van der Waals surface area contributed by atoms with Gasteiger partial charge >= 0.3 is 0 Å². The Balaban J connectivity index is 1.95. The van der Waals surface area contributed by atoms with Crippen molar-refractivity contribution in [3.8, 4) is 0 Å². The summed E-state index contributed by atoms with van der Waals surface area (Å²) < 4.78 is 13.2. The largest absolute Gasteiger partial charge is 0.399 e. The molecule has 0 saturated heterocycles. The van der Waals surface area contributed by atoms with E-state index in [0.717, 1.165) is 15.6 Å². The first-order valence-corrected chi connectivity index (χ1v) is 8.13. The number of benzene rings is 1. The van der Waals surface area contributed by atoms with E-state index >= 15 is 0 Å². The molecule has 1 aromatic heterocycles. The van der Waals surface area contributed by atoms with Crippen molar-refractivity contribution < 1.29 is 9.18 Å². The number of nitrogens with two attached hydrogens (primary N) is 1. The maximum Gasteiger partial charge on any atom is 0.228 e. The molecule has 0 aliphatic rings. The maximum absolute atomic E-state index is 13.2. The highest BCUT2D eigenvalue weighted by Crippen LogP contribution is 2.26. The molecule has 1 heterocycles. The van der Waals surface area contributed by atoms with Crippen molar-refractivity contribution in [1.82, 2.24) is 9.88 Å². The van der Waals surface area contributed by atoms with Gasteiger partial charge in [0.2, 0.25) is 5.91 Å². The van der Waals surface area contributed by atoms with Crippen molar-refractivity contribution in [2.24, 2.45) is 0 Å². The topological polar surface area (TPSA) is 59.2 Å². The summed E-state index contributed by atoms with van der Waals surface area (Å²) in [5.74, 6) is 0.310. The lowest BCUT2D eigenvalue weighted by atomic mass is 10.3. The molecule has 2 N–H and O–H groups in total. The fourth-order valence-electron chi connectivity index (χ4n) is 1.61. The molecule has 7 heteroatoms. The van der Waals surface area contributed by atoms with Gasteiger partial charge in [-0.05, 0) is 18.2 Å². The number of rotatable bonds is 5. The monoisotopic (exact) mass is 325 g/mol. The lowest BCUT2D eigenvalue weighted by Crippen LogP contribution is -2.23. The average Bonchev–Trinajstić information content (AvgIpc) is 2.83. The molecular formula is C14H16FN3OS2. The number of carbonyl (C=O) groups is 1. The zero-order valence-electron chi connectivity index (χ0n) is 11.8. The normalized spacial score (nSPS) is 10.6. The number of carbonyl (C=O) groups excluding carboxylic acids is 1.